The predicted molar refractivity (Wildman–Crippen MR) is 123 cm³/mol. The normalized spacial score (nSPS) is 11.3. The third kappa shape index (κ3) is 3.58. The van der Waals surface area contributed by atoms with Crippen molar-refractivity contribution in [2.24, 2.45) is 0 Å². The van der Waals surface area contributed by atoms with E-state index in [9.17, 15) is 9.90 Å². The Balaban J connectivity index is 1.49. The van der Waals surface area contributed by atoms with Crippen LogP contribution in [-0.2, 0) is 6.54 Å². The number of carbonyl (C=O) groups excluding carboxylic acids is 1. The van der Waals surface area contributed by atoms with Crippen LogP contribution in [0.15, 0.2) is 72.9 Å². The maximum atomic E-state index is 12.6. The molecular weight excluding hydrogens is 388 g/mol. The lowest BCUT2D eigenvalue weighted by Crippen LogP contribution is -2.11. The summed E-state index contributed by atoms with van der Waals surface area (Å²) in [6, 6.07) is 21.5. The van der Waals surface area contributed by atoms with Crippen molar-refractivity contribution in [3.05, 3.63) is 84.1 Å². The molecule has 3 N–H and O–H groups in total. The van der Waals surface area contributed by atoms with Crippen LogP contribution in [0, 0.1) is 6.92 Å². The number of nitrogens with zero attached hydrogens (tertiary/aromatic N) is 2. The molecule has 154 valence electrons. The van der Waals surface area contributed by atoms with Crippen LogP contribution in [0.3, 0.4) is 0 Å². The van der Waals surface area contributed by atoms with Gasteiger partial charge in [0.1, 0.15) is 0 Å². The number of H-pyrrole nitrogens is 1. The molecule has 2 aromatic heterocycles. The number of benzene rings is 3. The largest absolute Gasteiger partial charge is 0.395 e. The Labute approximate surface area is 179 Å². The lowest BCUT2D eigenvalue weighted by molar-refractivity contribution is 0.102. The molecule has 5 rings (SSSR count). The highest BCUT2D eigenvalue weighted by atomic mass is 16.3. The summed E-state index contributed by atoms with van der Waals surface area (Å²) in [5.74, 6) is -0.139. The minimum atomic E-state index is -0.139. The van der Waals surface area contributed by atoms with E-state index in [0.29, 0.717) is 12.1 Å². The fourth-order valence-electron chi connectivity index (χ4n) is 3.95. The maximum Gasteiger partial charge on any atom is 0.255 e. The highest BCUT2D eigenvalue weighted by Gasteiger charge is 2.12. The standard InChI is InChI=1S/C25H22N4O2/c1-16-3-2-4-19(13-16)25(31)26-20-6-7-22-21(15-20)24(28-27-22)18-5-8-23-17(14-18)9-10-29(23)11-12-30/h2-10,13-15,30H,11-12H2,1H3,(H,26,31)(H,27,28). The summed E-state index contributed by atoms with van der Waals surface area (Å²) in [6.07, 6.45) is 1.98. The predicted octanol–water partition coefficient (Wildman–Crippen LogP) is 4.74. The summed E-state index contributed by atoms with van der Waals surface area (Å²) in [4.78, 5) is 12.6. The Morgan fingerprint density at radius 3 is 2.84 bits per heavy atom. The molecule has 0 aliphatic carbocycles. The number of aliphatic hydroxyl groups is 1. The summed E-state index contributed by atoms with van der Waals surface area (Å²) in [5.41, 5.74) is 6.19. The second-order valence-electron chi connectivity index (χ2n) is 7.66. The average molecular weight is 410 g/mol. The van der Waals surface area contributed by atoms with Crippen LogP contribution in [0.5, 0.6) is 0 Å². The zero-order chi connectivity index (χ0) is 21.4. The van der Waals surface area contributed by atoms with E-state index in [-0.39, 0.29) is 12.5 Å². The van der Waals surface area contributed by atoms with Gasteiger partial charge in [-0.05, 0) is 55.5 Å². The average Bonchev–Trinajstić information content (AvgIpc) is 3.37. The maximum absolute atomic E-state index is 12.6. The topological polar surface area (TPSA) is 82.9 Å². The second-order valence-corrected chi connectivity index (χ2v) is 7.66. The molecule has 6 nitrogen and oxygen atoms in total. The number of hydrogen-bond donors (Lipinski definition) is 3. The van der Waals surface area contributed by atoms with Gasteiger partial charge in [-0.3, -0.25) is 9.89 Å². The molecule has 0 saturated heterocycles. The number of aromatic nitrogens is 3. The van der Waals surface area contributed by atoms with Crippen LogP contribution in [0.4, 0.5) is 5.69 Å². The van der Waals surface area contributed by atoms with Gasteiger partial charge >= 0.3 is 0 Å². The van der Waals surface area contributed by atoms with Gasteiger partial charge in [-0.15, -0.1) is 0 Å². The van der Waals surface area contributed by atoms with Crippen LogP contribution in [0.1, 0.15) is 15.9 Å². The van der Waals surface area contributed by atoms with Gasteiger partial charge in [0.05, 0.1) is 17.8 Å². The molecule has 6 heteroatoms. The van der Waals surface area contributed by atoms with Crippen LogP contribution in [-0.4, -0.2) is 32.4 Å². The van der Waals surface area contributed by atoms with Crippen molar-refractivity contribution in [1.82, 2.24) is 14.8 Å². The minimum absolute atomic E-state index is 0.104. The van der Waals surface area contributed by atoms with Crippen molar-refractivity contribution in [2.45, 2.75) is 13.5 Å². The third-order valence-electron chi connectivity index (χ3n) is 5.49. The van der Waals surface area contributed by atoms with E-state index in [1.54, 1.807) is 0 Å². The first-order valence-corrected chi connectivity index (χ1v) is 10.2. The monoisotopic (exact) mass is 410 g/mol. The van der Waals surface area contributed by atoms with Gasteiger partial charge in [-0.2, -0.15) is 5.10 Å². The van der Waals surface area contributed by atoms with E-state index in [0.717, 1.165) is 44.3 Å². The fourth-order valence-corrected chi connectivity index (χ4v) is 3.95. The van der Waals surface area contributed by atoms with E-state index in [1.165, 1.54) is 0 Å². The molecule has 3 aromatic carbocycles. The summed E-state index contributed by atoms with van der Waals surface area (Å²) in [6.45, 7) is 2.64. The van der Waals surface area contributed by atoms with Crippen LogP contribution >= 0.6 is 0 Å². The first kappa shape index (κ1) is 19.1. The molecule has 31 heavy (non-hydrogen) atoms. The summed E-state index contributed by atoms with van der Waals surface area (Å²) < 4.78 is 2.03. The zero-order valence-electron chi connectivity index (χ0n) is 17.1. The molecule has 5 aromatic rings. The molecule has 0 bridgehead atoms. The van der Waals surface area contributed by atoms with Crippen molar-refractivity contribution in [2.75, 3.05) is 11.9 Å². The second kappa shape index (κ2) is 7.74. The lowest BCUT2D eigenvalue weighted by Gasteiger charge is -2.07. The number of rotatable bonds is 5. The van der Waals surface area contributed by atoms with E-state index in [1.807, 2.05) is 78.4 Å². The lowest BCUT2D eigenvalue weighted by atomic mass is 10.1. The Hall–Kier alpha value is -3.90. The van der Waals surface area contributed by atoms with Crippen molar-refractivity contribution < 1.29 is 9.90 Å². The van der Waals surface area contributed by atoms with Gasteiger partial charge in [0, 0.05) is 45.8 Å². The third-order valence-corrected chi connectivity index (χ3v) is 5.49. The molecule has 0 saturated carbocycles. The zero-order valence-corrected chi connectivity index (χ0v) is 17.1. The number of hydrogen-bond acceptors (Lipinski definition) is 3. The van der Waals surface area contributed by atoms with E-state index in [2.05, 4.69) is 21.6 Å². The number of anilines is 1. The quantitative estimate of drug-likeness (QED) is 0.391. The van der Waals surface area contributed by atoms with Crippen molar-refractivity contribution in [3.63, 3.8) is 0 Å². The van der Waals surface area contributed by atoms with Gasteiger partial charge in [0.2, 0.25) is 0 Å². The number of aromatic amines is 1. The molecule has 0 aliphatic heterocycles. The number of aryl methyl sites for hydroxylation is 1. The highest BCUT2D eigenvalue weighted by Crippen LogP contribution is 2.31. The van der Waals surface area contributed by atoms with Gasteiger partial charge < -0.3 is 15.0 Å². The van der Waals surface area contributed by atoms with E-state index < -0.39 is 0 Å². The Morgan fingerprint density at radius 2 is 2.00 bits per heavy atom. The molecule has 0 atom stereocenters. The molecular formula is C25H22N4O2. The Kier molecular flexibility index (Phi) is 4.76. The van der Waals surface area contributed by atoms with Gasteiger partial charge in [-0.1, -0.05) is 23.8 Å². The molecule has 0 aliphatic rings. The number of nitrogens with one attached hydrogen (secondary N) is 2. The number of aliphatic hydroxyl groups excluding tert-OH is 1. The summed E-state index contributed by atoms with van der Waals surface area (Å²) in [7, 11) is 0. The molecule has 0 radical (unpaired) electrons. The van der Waals surface area contributed by atoms with Crippen molar-refractivity contribution >= 4 is 33.4 Å². The Morgan fingerprint density at radius 1 is 1.10 bits per heavy atom. The smallest absolute Gasteiger partial charge is 0.255 e. The van der Waals surface area contributed by atoms with Crippen LogP contribution in [0.25, 0.3) is 33.1 Å². The number of carbonyl (C=O) groups is 1. The first-order valence-electron chi connectivity index (χ1n) is 10.2. The van der Waals surface area contributed by atoms with E-state index in [4.69, 9.17) is 0 Å². The SMILES string of the molecule is Cc1cccc(C(=O)Nc2ccc3[nH]nc(-c4ccc5c(ccn5CCO)c4)c3c2)c1. The van der Waals surface area contributed by atoms with Gasteiger partial charge in [0.25, 0.3) is 5.91 Å². The summed E-state index contributed by atoms with van der Waals surface area (Å²) >= 11 is 0. The summed E-state index contributed by atoms with van der Waals surface area (Å²) in [5, 5.41) is 21.8. The molecule has 2 heterocycles. The van der Waals surface area contributed by atoms with Crippen LogP contribution < -0.4 is 5.32 Å². The first-order chi connectivity index (χ1) is 15.1. The molecule has 0 spiro atoms. The number of fused-ring (bicyclic) bond motifs is 2. The van der Waals surface area contributed by atoms with E-state index >= 15 is 0 Å². The van der Waals surface area contributed by atoms with Crippen molar-refractivity contribution in [3.8, 4) is 11.3 Å². The van der Waals surface area contributed by atoms with Crippen molar-refractivity contribution in [1.29, 1.82) is 0 Å². The molecule has 0 unspecified atom stereocenters. The molecule has 0 fully saturated rings. The number of amides is 1. The minimum Gasteiger partial charge on any atom is -0.395 e. The molecule has 1 amide bonds. The fraction of sp³-hybridized carbons (Fsp3) is 0.120. The van der Waals surface area contributed by atoms with Gasteiger partial charge in [-0.25, -0.2) is 0 Å². The van der Waals surface area contributed by atoms with Crippen LogP contribution in [0.2, 0.25) is 0 Å². The Bertz CT molecular complexity index is 1410. The van der Waals surface area contributed by atoms with Gasteiger partial charge in [0.15, 0.2) is 0 Å². The highest BCUT2D eigenvalue weighted by molar-refractivity contribution is 6.06.